The van der Waals surface area contributed by atoms with Crippen molar-refractivity contribution in [3.05, 3.63) is 34.9 Å². The van der Waals surface area contributed by atoms with Crippen LogP contribution in [-0.2, 0) is 11.3 Å². The third kappa shape index (κ3) is 3.77. The molecule has 2 fully saturated rings. The standard InChI is InChI=1S/C20H26BrN3O/c21-17-6-7-19-15(12-17)8-11-24(19)14-20(25)22-13-16-4-3-10-23-9-2-1-5-18(16)23/h6-8,11-12,16,18H,1-5,9-10,13-14H2,(H,22,25)/t16-,18+/m1/s1. The molecule has 0 radical (unpaired) electrons. The van der Waals surface area contributed by atoms with Gasteiger partial charge in [0.1, 0.15) is 6.54 Å². The van der Waals surface area contributed by atoms with E-state index in [2.05, 4.69) is 44.3 Å². The van der Waals surface area contributed by atoms with E-state index in [1.807, 2.05) is 16.8 Å². The van der Waals surface area contributed by atoms with Crippen LogP contribution in [-0.4, -0.2) is 41.1 Å². The quantitative estimate of drug-likeness (QED) is 0.842. The molecule has 5 heteroatoms. The van der Waals surface area contributed by atoms with Crippen molar-refractivity contribution in [2.45, 2.75) is 44.7 Å². The highest BCUT2D eigenvalue weighted by atomic mass is 79.9. The first kappa shape index (κ1) is 17.1. The molecule has 2 saturated heterocycles. The molecule has 2 aliphatic heterocycles. The molecule has 1 amide bonds. The number of amides is 1. The molecule has 3 heterocycles. The number of nitrogens with one attached hydrogen (secondary N) is 1. The summed E-state index contributed by atoms with van der Waals surface area (Å²) in [6.07, 6.45) is 8.51. The highest BCUT2D eigenvalue weighted by molar-refractivity contribution is 9.10. The maximum absolute atomic E-state index is 12.5. The van der Waals surface area contributed by atoms with Crippen molar-refractivity contribution in [1.82, 2.24) is 14.8 Å². The minimum Gasteiger partial charge on any atom is -0.354 e. The van der Waals surface area contributed by atoms with Crippen LogP contribution in [0.1, 0.15) is 32.1 Å². The van der Waals surface area contributed by atoms with E-state index in [0.717, 1.165) is 21.9 Å². The van der Waals surface area contributed by atoms with E-state index in [4.69, 9.17) is 0 Å². The van der Waals surface area contributed by atoms with E-state index >= 15 is 0 Å². The fourth-order valence-corrected chi connectivity index (χ4v) is 4.96. The number of aromatic nitrogens is 1. The first-order valence-electron chi connectivity index (χ1n) is 9.46. The molecule has 0 spiro atoms. The van der Waals surface area contributed by atoms with Crippen molar-refractivity contribution in [1.29, 1.82) is 0 Å². The van der Waals surface area contributed by atoms with Crippen LogP contribution < -0.4 is 5.32 Å². The van der Waals surface area contributed by atoms with Crippen LogP contribution >= 0.6 is 15.9 Å². The summed E-state index contributed by atoms with van der Waals surface area (Å²) in [5, 5.41) is 4.36. The van der Waals surface area contributed by atoms with Crippen LogP contribution in [0.15, 0.2) is 34.9 Å². The number of carbonyl (C=O) groups excluding carboxylic acids is 1. The van der Waals surface area contributed by atoms with Crippen molar-refractivity contribution in [3.8, 4) is 0 Å². The topological polar surface area (TPSA) is 37.3 Å². The molecule has 2 atom stereocenters. The Bertz CT molecular complexity index is 754. The summed E-state index contributed by atoms with van der Waals surface area (Å²) in [7, 11) is 0. The Kier molecular flexibility index (Phi) is 5.13. The van der Waals surface area contributed by atoms with Gasteiger partial charge in [0.2, 0.25) is 5.91 Å². The van der Waals surface area contributed by atoms with Crippen LogP contribution in [0.5, 0.6) is 0 Å². The average molecular weight is 404 g/mol. The van der Waals surface area contributed by atoms with E-state index in [0.29, 0.717) is 18.5 Å². The Balaban J connectivity index is 1.35. The lowest BCUT2D eigenvalue weighted by Gasteiger charge is -2.44. The molecule has 2 aliphatic rings. The van der Waals surface area contributed by atoms with Crippen molar-refractivity contribution in [3.63, 3.8) is 0 Å². The SMILES string of the molecule is O=C(Cn1ccc2cc(Br)ccc21)NC[C@H]1CCCN2CCCC[C@@H]12. The minimum atomic E-state index is 0.119. The molecule has 2 aromatic rings. The predicted molar refractivity (Wildman–Crippen MR) is 105 cm³/mol. The number of fused-ring (bicyclic) bond motifs is 2. The maximum Gasteiger partial charge on any atom is 0.239 e. The van der Waals surface area contributed by atoms with Crippen LogP contribution in [0.25, 0.3) is 10.9 Å². The third-order valence-corrected chi connectivity index (χ3v) is 6.33. The first-order valence-corrected chi connectivity index (χ1v) is 10.3. The number of nitrogens with zero attached hydrogens (tertiary/aromatic N) is 2. The summed E-state index contributed by atoms with van der Waals surface area (Å²) in [4.78, 5) is 15.1. The largest absolute Gasteiger partial charge is 0.354 e. The highest BCUT2D eigenvalue weighted by Crippen LogP contribution is 2.30. The summed E-state index contributed by atoms with van der Waals surface area (Å²) in [5.74, 6) is 0.740. The molecule has 134 valence electrons. The van der Waals surface area contributed by atoms with Gasteiger partial charge < -0.3 is 14.8 Å². The molecule has 1 aromatic heterocycles. The first-order chi connectivity index (χ1) is 12.2. The lowest BCUT2D eigenvalue weighted by Crippen LogP contribution is -2.51. The van der Waals surface area contributed by atoms with E-state index in [1.54, 1.807) is 0 Å². The van der Waals surface area contributed by atoms with Crippen LogP contribution in [0.4, 0.5) is 0 Å². The zero-order valence-electron chi connectivity index (χ0n) is 14.6. The van der Waals surface area contributed by atoms with Gasteiger partial charge in [0.15, 0.2) is 0 Å². The summed E-state index contributed by atoms with van der Waals surface area (Å²) >= 11 is 3.50. The maximum atomic E-state index is 12.5. The molecule has 1 aromatic carbocycles. The van der Waals surface area contributed by atoms with Crippen molar-refractivity contribution >= 4 is 32.7 Å². The molecule has 0 saturated carbocycles. The molecular formula is C20H26BrN3O. The second-order valence-corrected chi connectivity index (χ2v) is 8.37. The highest BCUT2D eigenvalue weighted by Gasteiger charge is 2.32. The van der Waals surface area contributed by atoms with Gasteiger partial charge in [-0.3, -0.25) is 4.79 Å². The molecule has 4 rings (SSSR count). The Morgan fingerprint density at radius 1 is 1.16 bits per heavy atom. The summed E-state index contributed by atoms with van der Waals surface area (Å²) in [5.41, 5.74) is 1.11. The minimum absolute atomic E-state index is 0.119. The molecule has 4 nitrogen and oxygen atoms in total. The van der Waals surface area contributed by atoms with Crippen LogP contribution in [0.2, 0.25) is 0 Å². The molecule has 1 N–H and O–H groups in total. The normalized spacial score (nSPS) is 24.2. The number of halogens is 1. The van der Waals surface area contributed by atoms with E-state index in [9.17, 15) is 4.79 Å². The summed E-state index contributed by atoms with van der Waals surface area (Å²) in [6.45, 7) is 3.72. The zero-order valence-corrected chi connectivity index (χ0v) is 16.2. The Morgan fingerprint density at radius 3 is 2.96 bits per heavy atom. The smallest absolute Gasteiger partial charge is 0.239 e. The fourth-order valence-electron chi connectivity index (χ4n) is 4.58. The van der Waals surface area contributed by atoms with E-state index < -0.39 is 0 Å². The van der Waals surface area contributed by atoms with Crippen molar-refractivity contribution in [2.75, 3.05) is 19.6 Å². The van der Waals surface area contributed by atoms with Crippen molar-refractivity contribution < 1.29 is 4.79 Å². The van der Waals surface area contributed by atoms with Crippen molar-refractivity contribution in [2.24, 2.45) is 5.92 Å². The number of hydrogen-bond acceptors (Lipinski definition) is 2. The lowest BCUT2D eigenvalue weighted by molar-refractivity contribution is -0.122. The molecule has 25 heavy (non-hydrogen) atoms. The van der Waals surface area contributed by atoms with Gasteiger partial charge in [0, 0.05) is 34.2 Å². The molecule has 0 aliphatic carbocycles. The van der Waals surface area contributed by atoms with Gasteiger partial charge in [-0.15, -0.1) is 0 Å². The van der Waals surface area contributed by atoms with Crippen LogP contribution in [0, 0.1) is 5.92 Å². The Hall–Kier alpha value is -1.33. The van der Waals surface area contributed by atoms with Gasteiger partial charge in [-0.2, -0.15) is 0 Å². The number of rotatable bonds is 4. The van der Waals surface area contributed by atoms with E-state index in [-0.39, 0.29) is 5.91 Å². The van der Waals surface area contributed by atoms with Gasteiger partial charge in [-0.25, -0.2) is 0 Å². The monoisotopic (exact) mass is 403 g/mol. The number of hydrogen-bond donors (Lipinski definition) is 1. The number of benzene rings is 1. The van der Waals surface area contributed by atoms with Gasteiger partial charge >= 0.3 is 0 Å². The number of piperidine rings is 2. The Morgan fingerprint density at radius 2 is 2.04 bits per heavy atom. The lowest BCUT2D eigenvalue weighted by atomic mass is 9.83. The van der Waals surface area contributed by atoms with Gasteiger partial charge in [-0.1, -0.05) is 22.4 Å². The zero-order chi connectivity index (χ0) is 17.2. The summed E-state index contributed by atoms with van der Waals surface area (Å²) < 4.78 is 3.10. The molecular weight excluding hydrogens is 378 g/mol. The van der Waals surface area contributed by atoms with Gasteiger partial charge in [0.25, 0.3) is 0 Å². The van der Waals surface area contributed by atoms with Gasteiger partial charge in [-0.05, 0) is 69.0 Å². The molecule has 0 unspecified atom stereocenters. The predicted octanol–water partition coefficient (Wildman–Crippen LogP) is 3.78. The van der Waals surface area contributed by atoms with Crippen LogP contribution in [0.3, 0.4) is 0 Å². The second-order valence-electron chi connectivity index (χ2n) is 7.45. The second kappa shape index (κ2) is 7.50. The number of carbonyl (C=O) groups is 1. The third-order valence-electron chi connectivity index (χ3n) is 5.84. The summed E-state index contributed by atoms with van der Waals surface area (Å²) in [6, 6.07) is 8.93. The van der Waals surface area contributed by atoms with E-state index in [1.165, 1.54) is 45.2 Å². The Labute approximate surface area is 157 Å². The molecule has 0 bridgehead atoms. The fraction of sp³-hybridized carbons (Fsp3) is 0.550. The average Bonchev–Trinajstić information content (AvgIpc) is 3.01. The van der Waals surface area contributed by atoms with Gasteiger partial charge in [0.05, 0.1) is 0 Å².